The molecule has 0 fully saturated rings. The summed E-state index contributed by atoms with van der Waals surface area (Å²) in [6, 6.07) is 14.8. The number of allylic oxidation sites excluding steroid dienone is 2. The van der Waals surface area contributed by atoms with Gasteiger partial charge in [0.05, 0.1) is 49.8 Å². The van der Waals surface area contributed by atoms with E-state index in [4.69, 9.17) is 36.3 Å². The maximum atomic E-state index is 13.2. The van der Waals surface area contributed by atoms with Crippen LogP contribution in [0.2, 0.25) is 5.02 Å². The Kier molecular flexibility index (Phi) is 14.5. The third kappa shape index (κ3) is 10.7. The second kappa shape index (κ2) is 18.8. The van der Waals surface area contributed by atoms with E-state index in [1.54, 1.807) is 61.4 Å². The number of dihydropyridines is 1. The summed E-state index contributed by atoms with van der Waals surface area (Å²) in [5, 5.41) is 8.42. The quantitative estimate of drug-likeness (QED) is 0.111. The molecule has 0 aromatic heterocycles. The molecule has 1 aliphatic heterocycles. The lowest BCUT2D eigenvalue weighted by molar-refractivity contribution is -0.139. The molecule has 250 valence electrons. The molecule has 0 bridgehead atoms. The Balaban J connectivity index is 1.59. The second-order valence-corrected chi connectivity index (χ2v) is 10.4. The van der Waals surface area contributed by atoms with E-state index in [0.717, 1.165) is 11.6 Å². The third-order valence-corrected chi connectivity index (χ3v) is 7.23. The molecular weight excluding hydrogens is 632 g/mol. The summed E-state index contributed by atoms with van der Waals surface area (Å²) >= 11 is 6.51. The van der Waals surface area contributed by atoms with Crippen molar-refractivity contribution in [1.82, 2.24) is 16.0 Å². The number of benzene rings is 2. The van der Waals surface area contributed by atoms with Gasteiger partial charge >= 0.3 is 12.1 Å². The highest BCUT2D eigenvalue weighted by Gasteiger charge is 2.38. The molecule has 1 unspecified atom stereocenters. The largest absolute Gasteiger partial charge is 0.498 e. The topological polar surface area (TPSA) is 184 Å². The Labute approximate surface area is 277 Å². The predicted molar refractivity (Wildman–Crippen MR) is 171 cm³/mol. The molecule has 1 heterocycles. The van der Waals surface area contributed by atoms with Crippen LogP contribution in [0.5, 0.6) is 0 Å². The van der Waals surface area contributed by atoms with Crippen LogP contribution >= 0.6 is 11.6 Å². The molecule has 13 nitrogen and oxygen atoms in total. The van der Waals surface area contributed by atoms with Gasteiger partial charge in [-0.15, -0.1) is 0 Å². The van der Waals surface area contributed by atoms with Crippen molar-refractivity contribution in [3.05, 3.63) is 99.5 Å². The van der Waals surface area contributed by atoms with Crippen LogP contribution in [0.15, 0.2) is 83.4 Å². The van der Waals surface area contributed by atoms with Gasteiger partial charge in [0, 0.05) is 24.1 Å². The van der Waals surface area contributed by atoms with E-state index in [1.807, 2.05) is 6.07 Å². The van der Waals surface area contributed by atoms with Gasteiger partial charge in [-0.2, -0.15) is 0 Å². The molecule has 5 N–H and O–H groups in total. The lowest BCUT2D eigenvalue weighted by Crippen LogP contribution is -2.45. The molecule has 0 aliphatic carbocycles. The fourth-order valence-electron chi connectivity index (χ4n) is 4.71. The van der Waals surface area contributed by atoms with Gasteiger partial charge in [0.15, 0.2) is 0 Å². The molecule has 0 spiro atoms. The summed E-state index contributed by atoms with van der Waals surface area (Å²) in [6.45, 7) is 1.77. The second-order valence-electron chi connectivity index (χ2n) is 10.0. The average Bonchev–Trinajstić information content (AvgIpc) is 3.06. The Morgan fingerprint density at radius 2 is 1.79 bits per heavy atom. The van der Waals surface area contributed by atoms with Gasteiger partial charge in [-0.3, -0.25) is 9.59 Å². The number of alkyl carbamates (subject to hydrolysis) is 1. The molecular formula is C33H37ClN4O9. The minimum Gasteiger partial charge on any atom is -0.498 e. The summed E-state index contributed by atoms with van der Waals surface area (Å²) < 4.78 is 21.9. The van der Waals surface area contributed by atoms with E-state index < -0.39 is 35.8 Å². The summed E-state index contributed by atoms with van der Waals surface area (Å²) in [5.74, 6) is -0.704. The van der Waals surface area contributed by atoms with Gasteiger partial charge < -0.3 is 40.6 Å². The van der Waals surface area contributed by atoms with E-state index in [0.29, 0.717) is 16.3 Å². The van der Waals surface area contributed by atoms with Crippen molar-refractivity contribution in [3.63, 3.8) is 0 Å². The first-order valence-corrected chi connectivity index (χ1v) is 15.1. The van der Waals surface area contributed by atoms with Crippen LogP contribution in [0.25, 0.3) is 0 Å². The van der Waals surface area contributed by atoms with Crippen molar-refractivity contribution in [1.29, 1.82) is 0 Å². The Morgan fingerprint density at radius 1 is 1.06 bits per heavy atom. The Hall–Kier alpha value is -5.10. The number of hydrogen-bond donors (Lipinski definition) is 4. The van der Waals surface area contributed by atoms with Crippen LogP contribution in [0.1, 0.15) is 36.8 Å². The molecule has 2 aromatic carbocycles. The molecule has 3 rings (SSSR count). The molecule has 1 aliphatic rings. The normalized spacial score (nSPS) is 14.7. The lowest BCUT2D eigenvalue weighted by Gasteiger charge is -2.31. The number of carbonyl (C=O) groups is 4. The first-order chi connectivity index (χ1) is 22.7. The van der Waals surface area contributed by atoms with Crippen molar-refractivity contribution in [3.8, 4) is 0 Å². The van der Waals surface area contributed by atoms with Crippen molar-refractivity contribution in [2.24, 2.45) is 5.73 Å². The van der Waals surface area contributed by atoms with Crippen molar-refractivity contribution in [2.45, 2.75) is 38.3 Å². The zero-order valence-electron chi connectivity index (χ0n) is 26.0. The van der Waals surface area contributed by atoms with Crippen LogP contribution in [0.4, 0.5) is 4.79 Å². The van der Waals surface area contributed by atoms with Gasteiger partial charge in [-0.05, 0) is 30.5 Å². The summed E-state index contributed by atoms with van der Waals surface area (Å²) in [4.78, 5) is 61.0. The number of carbonyl (C=O) groups excluding carboxylic acids is 5. The van der Waals surface area contributed by atoms with Crippen molar-refractivity contribution >= 4 is 41.4 Å². The first-order valence-electron chi connectivity index (χ1n) is 14.7. The van der Waals surface area contributed by atoms with E-state index in [9.17, 15) is 24.0 Å². The SMILES string of the molecule is CCOC(=O)C1=C(COCCNC(=O)CC[C@H](NC(=O)OCc2ccccc2)C(N)=O)NC(C=C=O)=C(OC)C1c1ccccc1Cl. The number of ether oxygens (including phenoxy) is 4. The predicted octanol–water partition coefficient (Wildman–Crippen LogP) is 2.78. The summed E-state index contributed by atoms with van der Waals surface area (Å²) in [7, 11) is 1.41. The number of primary amides is 1. The number of halogens is 1. The minimum absolute atomic E-state index is 0.00589. The van der Waals surface area contributed by atoms with Crippen LogP contribution < -0.4 is 21.7 Å². The van der Waals surface area contributed by atoms with Gasteiger partial charge in [-0.1, -0.05) is 60.1 Å². The lowest BCUT2D eigenvalue weighted by atomic mass is 9.84. The molecule has 0 saturated carbocycles. The van der Waals surface area contributed by atoms with E-state index in [2.05, 4.69) is 16.0 Å². The third-order valence-electron chi connectivity index (χ3n) is 6.89. The number of esters is 1. The minimum atomic E-state index is -1.11. The number of nitrogens with two attached hydrogens (primary N) is 1. The smallest absolute Gasteiger partial charge is 0.408 e. The number of nitrogens with one attached hydrogen (secondary N) is 3. The highest BCUT2D eigenvalue weighted by Crippen LogP contribution is 2.41. The Bertz CT molecular complexity index is 1540. The van der Waals surface area contributed by atoms with Crippen molar-refractivity contribution < 1.29 is 42.9 Å². The standard InChI is InChI=1S/C33H37ClN4O9/c1-3-46-32(42)29-26(37-24(15-17-39)30(44-2)28(29)22-11-7-8-12-23(22)34)20-45-18-16-36-27(40)14-13-25(31(35)41)38-33(43)47-19-21-9-5-4-6-10-21/h4-12,15,25,28,37H,3,13-14,16,18-20H2,1-2H3,(H2,35,41)(H,36,40)(H,38,43)/t25-,28?/m0/s1. The zero-order valence-corrected chi connectivity index (χ0v) is 26.8. The van der Waals surface area contributed by atoms with Gasteiger partial charge in [0.2, 0.25) is 11.8 Å². The summed E-state index contributed by atoms with van der Waals surface area (Å²) in [5.41, 5.74) is 7.45. The number of methoxy groups -OCH3 is 1. The number of amides is 3. The molecule has 0 radical (unpaired) electrons. The molecule has 0 saturated heterocycles. The zero-order chi connectivity index (χ0) is 34.2. The van der Waals surface area contributed by atoms with Crippen LogP contribution in [0.3, 0.4) is 0 Å². The number of rotatable bonds is 17. The molecule has 3 amide bonds. The average molecular weight is 669 g/mol. The van der Waals surface area contributed by atoms with E-state index in [1.165, 1.54) is 7.11 Å². The first kappa shape index (κ1) is 36.4. The van der Waals surface area contributed by atoms with Crippen LogP contribution in [-0.4, -0.2) is 69.3 Å². The fraction of sp³-hybridized carbons (Fsp3) is 0.333. The van der Waals surface area contributed by atoms with Gasteiger partial charge in [0.1, 0.15) is 24.3 Å². The maximum absolute atomic E-state index is 13.2. The fourth-order valence-corrected chi connectivity index (χ4v) is 4.95. The number of hydrogen-bond acceptors (Lipinski definition) is 10. The Morgan fingerprint density at radius 3 is 2.45 bits per heavy atom. The van der Waals surface area contributed by atoms with Crippen molar-refractivity contribution in [2.75, 3.05) is 33.5 Å². The highest BCUT2D eigenvalue weighted by atomic mass is 35.5. The van der Waals surface area contributed by atoms with Crippen LogP contribution in [0, 0.1) is 0 Å². The molecule has 14 heteroatoms. The van der Waals surface area contributed by atoms with E-state index in [-0.39, 0.29) is 62.8 Å². The van der Waals surface area contributed by atoms with Gasteiger partial charge in [-0.25, -0.2) is 14.4 Å². The van der Waals surface area contributed by atoms with E-state index >= 15 is 0 Å². The highest BCUT2D eigenvalue weighted by molar-refractivity contribution is 6.31. The maximum Gasteiger partial charge on any atom is 0.408 e. The monoisotopic (exact) mass is 668 g/mol. The summed E-state index contributed by atoms with van der Waals surface area (Å²) in [6.07, 6.45) is 0.141. The molecule has 2 atom stereocenters. The van der Waals surface area contributed by atoms with Crippen LogP contribution in [-0.2, 0) is 44.7 Å². The van der Waals surface area contributed by atoms with Gasteiger partial charge in [0.25, 0.3) is 0 Å². The molecule has 2 aromatic rings. The molecule has 47 heavy (non-hydrogen) atoms.